The Morgan fingerprint density at radius 1 is 1.24 bits per heavy atom. The summed E-state index contributed by atoms with van der Waals surface area (Å²) in [4.78, 5) is 20.8. The fourth-order valence-electron chi connectivity index (χ4n) is 3.91. The smallest absolute Gasteiger partial charge is 0.309 e. The van der Waals surface area contributed by atoms with E-state index in [1.54, 1.807) is 12.3 Å². The van der Waals surface area contributed by atoms with Crippen LogP contribution in [-0.4, -0.2) is 39.8 Å². The van der Waals surface area contributed by atoms with Crippen molar-refractivity contribution in [2.24, 2.45) is 5.92 Å². The SMILES string of the molecule is CCCOC(=O)[C@@H]1CC[C@H](Nc2ccc(-c3noc(-c4cnc(OC(C)C)c(Cl)c4)n3)cc2)C1. The van der Waals surface area contributed by atoms with E-state index in [-0.39, 0.29) is 24.0 Å². The summed E-state index contributed by atoms with van der Waals surface area (Å²) in [5.74, 6) is 1.08. The molecule has 0 saturated heterocycles. The third-order valence-corrected chi connectivity index (χ3v) is 5.83. The molecule has 1 N–H and O–H groups in total. The van der Waals surface area contributed by atoms with E-state index in [1.807, 2.05) is 45.0 Å². The Morgan fingerprint density at radius 2 is 2.03 bits per heavy atom. The lowest BCUT2D eigenvalue weighted by atomic mass is 10.1. The third kappa shape index (κ3) is 5.86. The minimum Gasteiger partial charge on any atom is -0.474 e. The first-order valence-corrected chi connectivity index (χ1v) is 12.0. The molecular weight excluding hydrogens is 456 g/mol. The number of benzene rings is 1. The van der Waals surface area contributed by atoms with Crippen LogP contribution in [0.3, 0.4) is 0 Å². The average molecular weight is 485 g/mol. The van der Waals surface area contributed by atoms with Gasteiger partial charge >= 0.3 is 5.97 Å². The molecule has 2 aromatic heterocycles. The first-order valence-electron chi connectivity index (χ1n) is 11.6. The van der Waals surface area contributed by atoms with Crippen molar-refractivity contribution in [3.63, 3.8) is 0 Å². The first kappa shape index (κ1) is 24.0. The highest BCUT2D eigenvalue weighted by atomic mass is 35.5. The lowest BCUT2D eigenvalue weighted by Gasteiger charge is -2.14. The van der Waals surface area contributed by atoms with Gasteiger partial charge in [-0.15, -0.1) is 0 Å². The molecule has 1 aromatic carbocycles. The van der Waals surface area contributed by atoms with Crippen LogP contribution in [0.5, 0.6) is 5.88 Å². The largest absolute Gasteiger partial charge is 0.474 e. The third-order valence-electron chi connectivity index (χ3n) is 5.56. The Bertz CT molecular complexity index is 1120. The number of nitrogens with one attached hydrogen (secondary N) is 1. The summed E-state index contributed by atoms with van der Waals surface area (Å²) in [5.41, 5.74) is 2.43. The van der Waals surface area contributed by atoms with Crippen LogP contribution >= 0.6 is 11.6 Å². The highest BCUT2D eigenvalue weighted by Crippen LogP contribution is 2.31. The second-order valence-corrected chi connectivity index (χ2v) is 9.10. The Balaban J connectivity index is 1.37. The molecule has 2 heterocycles. The van der Waals surface area contributed by atoms with Gasteiger partial charge in [0, 0.05) is 23.5 Å². The molecule has 2 atom stereocenters. The fraction of sp³-hybridized carbons (Fsp3) is 0.440. The highest BCUT2D eigenvalue weighted by Gasteiger charge is 2.30. The first-order chi connectivity index (χ1) is 16.4. The quantitative estimate of drug-likeness (QED) is 0.382. The summed E-state index contributed by atoms with van der Waals surface area (Å²) in [5, 5.41) is 7.98. The molecule has 1 fully saturated rings. The summed E-state index contributed by atoms with van der Waals surface area (Å²) >= 11 is 6.27. The number of nitrogens with zero attached hydrogens (tertiary/aromatic N) is 3. The number of rotatable bonds is 9. The van der Waals surface area contributed by atoms with Crippen molar-refractivity contribution in [2.75, 3.05) is 11.9 Å². The van der Waals surface area contributed by atoms with Crippen LogP contribution in [0.1, 0.15) is 46.5 Å². The lowest BCUT2D eigenvalue weighted by Crippen LogP contribution is -2.19. The maximum absolute atomic E-state index is 12.1. The summed E-state index contributed by atoms with van der Waals surface area (Å²) in [6.07, 6.45) is 5.00. The predicted octanol–water partition coefficient (Wildman–Crippen LogP) is 5.77. The zero-order valence-electron chi connectivity index (χ0n) is 19.6. The van der Waals surface area contributed by atoms with Gasteiger partial charge in [0.2, 0.25) is 11.7 Å². The number of anilines is 1. The van der Waals surface area contributed by atoms with Crippen LogP contribution in [-0.2, 0) is 9.53 Å². The fourth-order valence-corrected chi connectivity index (χ4v) is 4.12. The van der Waals surface area contributed by atoms with E-state index in [0.29, 0.717) is 34.8 Å². The molecule has 0 bridgehead atoms. The summed E-state index contributed by atoms with van der Waals surface area (Å²) in [6, 6.07) is 9.77. The van der Waals surface area contributed by atoms with Gasteiger partial charge < -0.3 is 19.3 Å². The minimum atomic E-state index is -0.0759. The number of carbonyl (C=O) groups excluding carboxylic acids is 1. The van der Waals surface area contributed by atoms with Gasteiger partial charge in [0.15, 0.2) is 0 Å². The normalized spacial score (nSPS) is 17.7. The molecule has 9 heteroatoms. The Morgan fingerprint density at radius 3 is 2.74 bits per heavy atom. The molecule has 1 aliphatic carbocycles. The molecule has 1 saturated carbocycles. The lowest BCUT2D eigenvalue weighted by molar-refractivity contribution is -0.148. The van der Waals surface area contributed by atoms with Gasteiger partial charge in [-0.25, -0.2) is 4.98 Å². The topological polar surface area (TPSA) is 99.4 Å². The van der Waals surface area contributed by atoms with Crippen molar-refractivity contribution >= 4 is 23.3 Å². The molecule has 3 aromatic rings. The second-order valence-electron chi connectivity index (χ2n) is 8.70. The van der Waals surface area contributed by atoms with Gasteiger partial charge in [0.1, 0.15) is 5.02 Å². The molecule has 0 unspecified atom stereocenters. The standard InChI is InChI=1S/C25H29ClN4O4/c1-4-11-32-25(31)17-7-10-20(12-17)28-19-8-5-16(6-9-19)22-29-23(34-30-22)18-13-21(26)24(27-14-18)33-15(2)3/h5-6,8-9,13-15,17,20,28H,4,7,10-12H2,1-3H3/t17-,20+/m1/s1. The summed E-state index contributed by atoms with van der Waals surface area (Å²) in [7, 11) is 0. The summed E-state index contributed by atoms with van der Waals surface area (Å²) < 4.78 is 16.3. The maximum Gasteiger partial charge on any atom is 0.309 e. The van der Waals surface area contributed by atoms with Crippen molar-refractivity contribution in [1.82, 2.24) is 15.1 Å². The molecule has 4 rings (SSSR count). The van der Waals surface area contributed by atoms with Crippen LogP contribution in [0.25, 0.3) is 22.8 Å². The zero-order chi connectivity index (χ0) is 24.1. The van der Waals surface area contributed by atoms with Crippen LogP contribution in [0.15, 0.2) is 41.1 Å². The van der Waals surface area contributed by atoms with E-state index in [4.69, 9.17) is 25.6 Å². The van der Waals surface area contributed by atoms with E-state index in [9.17, 15) is 4.79 Å². The van der Waals surface area contributed by atoms with Crippen LogP contribution in [0.2, 0.25) is 5.02 Å². The molecule has 0 amide bonds. The van der Waals surface area contributed by atoms with Crippen molar-refractivity contribution < 1.29 is 18.8 Å². The van der Waals surface area contributed by atoms with E-state index < -0.39 is 0 Å². The Hall–Kier alpha value is -3.13. The molecule has 0 spiro atoms. The van der Waals surface area contributed by atoms with E-state index in [1.165, 1.54) is 0 Å². The van der Waals surface area contributed by atoms with Gasteiger partial charge in [-0.3, -0.25) is 4.79 Å². The van der Waals surface area contributed by atoms with Gasteiger partial charge in [-0.2, -0.15) is 4.98 Å². The number of hydrogen-bond donors (Lipinski definition) is 1. The van der Waals surface area contributed by atoms with E-state index >= 15 is 0 Å². The Labute approximate surface area is 204 Å². The number of aromatic nitrogens is 3. The van der Waals surface area contributed by atoms with Gasteiger partial charge in [-0.05, 0) is 69.9 Å². The molecule has 0 aliphatic heterocycles. The van der Waals surface area contributed by atoms with Crippen LogP contribution < -0.4 is 10.1 Å². The van der Waals surface area contributed by atoms with Crippen molar-refractivity contribution in [2.45, 2.75) is 58.6 Å². The molecule has 180 valence electrons. The monoisotopic (exact) mass is 484 g/mol. The highest BCUT2D eigenvalue weighted by molar-refractivity contribution is 6.32. The van der Waals surface area contributed by atoms with E-state index in [2.05, 4.69) is 20.4 Å². The van der Waals surface area contributed by atoms with Gasteiger partial charge in [0.05, 0.1) is 24.2 Å². The number of carbonyl (C=O) groups is 1. The molecule has 0 radical (unpaired) electrons. The minimum absolute atomic E-state index is 0.0185. The Kier molecular flexibility index (Phi) is 7.67. The average Bonchev–Trinajstić information content (AvgIpc) is 3.49. The number of ether oxygens (including phenoxy) is 2. The maximum atomic E-state index is 12.1. The molecule has 34 heavy (non-hydrogen) atoms. The summed E-state index contributed by atoms with van der Waals surface area (Å²) in [6.45, 7) is 6.31. The number of halogens is 1. The zero-order valence-corrected chi connectivity index (χ0v) is 20.3. The van der Waals surface area contributed by atoms with Crippen molar-refractivity contribution in [3.05, 3.63) is 41.6 Å². The van der Waals surface area contributed by atoms with Crippen molar-refractivity contribution in [1.29, 1.82) is 0 Å². The van der Waals surface area contributed by atoms with Crippen LogP contribution in [0.4, 0.5) is 5.69 Å². The second kappa shape index (κ2) is 10.9. The van der Waals surface area contributed by atoms with Crippen molar-refractivity contribution in [3.8, 4) is 28.7 Å². The predicted molar refractivity (Wildman–Crippen MR) is 130 cm³/mol. The number of esters is 1. The molecular formula is C25H29ClN4O4. The van der Waals surface area contributed by atoms with E-state index in [0.717, 1.165) is 36.9 Å². The number of hydrogen-bond acceptors (Lipinski definition) is 8. The molecule has 8 nitrogen and oxygen atoms in total. The van der Waals surface area contributed by atoms with Gasteiger partial charge in [-0.1, -0.05) is 23.7 Å². The molecule has 1 aliphatic rings. The number of pyridine rings is 1. The van der Waals surface area contributed by atoms with Crippen LogP contribution in [0, 0.1) is 5.92 Å². The van der Waals surface area contributed by atoms with Gasteiger partial charge in [0.25, 0.3) is 5.89 Å².